The van der Waals surface area contributed by atoms with Crippen LogP contribution in [0, 0.1) is 11.6 Å². The molecule has 146 valence electrons. The van der Waals surface area contributed by atoms with Crippen LogP contribution in [0.4, 0.5) is 20.2 Å². The first-order chi connectivity index (χ1) is 14.0. The Morgan fingerprint density at radius 1 is 1.00 bits per heavy atom. The standard InChI is InChI=1S/C22H16F2N2O2S/c23-15-6-4-8-17(12-15)26-20(27)13-29-22(26)14-5-3-7-16(11-14)25-21(28)18-9-1-2-10-19(18)24/h1-12,22H,13H2,(H,25,28)/t22-/m0/s1. The summed E-state index contributed by atoms with van der Waals surface area (Å²) in [6.07, 6.45) is 0. The summed E-state index contributed by atoms with van der Waals surface area (Å²) in [7, 11) is 0. The molecule has 1 N–H and O–H groups in total. The van der Waals surface area contributed by atoms with E-state index in [4.69, 9.17) is 0 Å². The van der Waals surface area contributed by atoms with E-state index in [1.165, 1.54) is 42.1 Å². The van der Waals surface area contributed by atoms with Gasteiger partial charge in [0.2, 0.25) is 5.91 Å². The molecule has 1 atom stereocenters. The van der Waals surface area contributed by atoms with Crippen molar-refractivity contribution in [3.8, 4) is 0 Å². The monoisotopic (exact) mass is 410 g/mol. The molecule has 3 aromatic carbocycles. The van der Waals surface area contributed by atoms with Gasteiger partial charge in [0, 0.05) is 11.4 Å². The van der Waals surface area contributed by atoms with Gasteiger partial charge < -0.3 is 5.32 Å². The zero-order chi connectivity index (χ0) is 20.4. The number of rotatable bonds is 4. The normalized spacial score (nSPS) is 16.1. The highest BCUT2D eigenvalue weighted by molar-refractivity contribution is 8.00. The molecule has 1 aliphatic rings. The highest BCUT2D eigenvalue weighted by atomic mass is 32.2. The fourth-order valence-electron chi connectivity index (χ4n) is 3.19. The van der Waals surface area contributed by atoms with E-state index >= 15 is 0 Å². The van der Waals surface area contributed by atoms with Crippen LogP contribution in [0.15, 0.2) is 72.8 Å². The first-order valence-corrected chi connectivity index (χ1v) is 9.93. The van der Waals surface area contributed by atoms with Gasteiger partial charge in [0.25, 0.3) is 5.91 Å². The number of amides is 2. The number of carbonyl (C=O) groups is 2. The highest BCUT2D eigenvalue weighted by Crippen LogP contribution is 2.42. The molecule has 4 nitrogen and oxygen atoms in total. The maximum Gasteiger partial charge on any atom is 0.258 e. The van der Waals surface area contributed by atoms with E-state index in [-0.39, 0.29) is 22.6 Å². The Morgan fingerprint density at radius 3 is 2.59 bits per heavy atom. The Hall–Kier alpha value is -3.19. The molecule has 3 aromatic rings. The zero-order valence-corrected chi connectivity index (χ0v) is 16.0. The minimum atomic E-state index is -0.602. The topological polar surface area (TPSA) is 49.4 Å². The lowest BCUT2D eigenvalue weighted by molar-refractivity contribution is -0.115. The molecule has 1 aliphatic heterocycles. The Labute approximate surface area is 170 Å². The van der Waals surface area contributed by atoms with Gasteiger partial charge in [0.1, 0.15) is 17.0 Å². The quantitative estimate of drug-likeness (QED) is 0.659. The Morgan fingerprint density at radius 2 is 1.79 bits per heavy atom. The molecule has 0 spiro atoms. The van der Waals surface area contributed by atoms with E-state index in [1.54, 1.807) is 41.3 Å². The number of benzene rings is 3. The van der Waals surface area contributed by atoms with Crippen molar-refractivity contribution in [2.45, 2.75) is 5.37 Å². The van der Waals surface area contributed by atoms with Crippen LogP contribution in [0.5, 0.6) is 0 Å². The van der Waals surface area contributed by atoms with Crippen LogP contribution in [0.2, 0.25) is 0 Å². The van der Waals surface area contributed by atoms with Gasteiger partial charge in [-0.1, -0.05) is 30.3 Å². The zero-order valence-electron chi connectivity index (χ0n) is 15.1. The third-order valence-corrected chi connectivity index (χ3v) is 5.71. The molecule has 0 unspecified atom stereocenters. The predicted molar refractivity (Wildman–Crippen MR) is 110 cm³/mol. The van der Waals surface area contributed by atoms with Crippen LogP contribution >= 0.6 is 11.8 Å². The predicted octanol–water partition coefficient (Wildman–Crippen LogP) is 5.00. The van der Waals surface area contributed by atoms with Crippen LogP contribution in [0.25, 0.3) is 0 Å². The van der Waals surface area contributed by atoms with Crippen LogP contribution in [0.1, 0.15) is 21.3 Å². The summed E-state index contributed by atoms with van der Waals surface area (Å²) in [4.78, 5) is 26.4. The number of hydrogen-bond donors (Lipinski definition) is 1. The largest absolute Gasteiger partial charge is 0.322 e. The first-order valence-electron chi connectivity index (χ1n) is 8.88. The molecular weight excluding hydrogens is 394 g/mol. The average molecular weight is 410 g/mol. The van der Waals surface area contributed by atoms with Gasteiger partial charge in [-0.3, -0.25) is 14.5 Å². The van der Waals surface area contributed by atoms with Gasteiger partial charge in [0.05, 0.1) is 11.3 Å². The molecule has 0 saturated carbocycles. The van der Waals surface area contributed by atoms with Gasteiger partial charge in [-0.15, -0.1) is 11.8 Å². The first kappa shape index (κ1) is 19.1. The second-order valence-electron chi connectivity index (χ2n) is 6.47. The summed E-state index contributed by atoms with van der Waals surface area (Å²) >= 11 is 1.42. The number of nitrogens with one attached hydrogen (secondary N) is 1. The number of nitrogens with zero attached hydrogens (tertiary/aromatic N) is 1. The number of carbonyl (C=O) groups excluding carboxylic acids is 2. The Bertz CT molecular complexity index is 1090. The molecule has 0 aromatic heterocycles. The fourth-order valence-corrected chi connectivity index (χ4v) is 4.36. The van der Waals surface area contributed by atoms with E-state index in [1.807, 2.05) is 6.07 Å². The number of halogens is 2. The van der Waals surface area contributed by atoms with E-state index in [9.17, 15) is 18.4 Å². The number of hydrogen-bond acceptors (Lipinski definition) is 3. The highest BCUT2D eigenvalue weighted by Gasteiger charge is 2.34. The second-order valence-corrected chi connectivity index (χ2v) is 7.53. The maximum atomic E-state index is 13.8. The fraction of sp³-hybridized carbons (Fsp3) is 0.0909. The molecular formula is C22H16F2N2O2S. The molecule has 0 radical (unpaired) electrons. The van der Waals surface area contributed by atoms with Crippen molar-refractivity contribution in [3.63, 3.8) is 0 Å². The summed E-state index contributed by atoms with van der Waals surface area (Å²) in [6, 6.07) is 18.6. The molecule has 7 heteroatoms. The van der Waals surface area contributed by atoms with Crippen LogP contribution < -0.4 is 10.2 Å². The minimum absolute atomic E-state index is 0.0512. The molecule has 1 saturated heterocycles. The Balaban J connectivity index is 1.60. The van der Waals surface area contributed by atoms with Crippen molar-refractivity contribution in [2.75, 3.05) is 16.0 Å². The lowest BCUT2D eigenvalue weighted by Crippen LogP contribution is -2.28. The lowest BCUT2D eigenvalue weighted by Gasteiger charge is -2.24. The number of anilines is 2. The molecule has 29 heavy (non-hydrogen) atoms. The van der Waals surface area contributed by atoms with Crippen molar-refractivity contribution >= 4 is 35.0 Å². The summed E-state index contributed by atoms with van der Waals surface area (Å²) in [5, 5.41) is 2.33. The van der Waals surface area contributed by atoms with Gasteiger partial charge >= 0.3 is 0 Å². The van der Waals surface area contributed by atoms with Crippen molar-refractivity contribution < 1.29 is 18.4 Å². The van der Waals surface area contributed by atoms with Gasteiger partial charge in [-0.05, 0) is 48.0 Å². The molecule has 2 amide bonds. The molecule has 1 fully saturated rings. The van der Waals surface area contributed by atoms with E-state index in [2.05, 4.69) is 5.32 Å². The van der Waals surface area contributed by atoms with Crippen LogP contribution in [0.3, 0.4) is 0 Å². The Kier molecular flexibility index (Phi) is 5.31. The molecule has 0 bridgehead atoms. The molecule has 4 rings (SSSR count). The smallest absolute Gasteiger partial charge is 0.258 e. The van der Waals surface area contributed by atoms with Crippen molar-refractivity contribution in [1.29, 1.82) is 0 Å². The summed E-state index contributed by atoms with van der Waals surface area (Å²) in [5.74, 6) is -1.43. The van der Waals surface area contributed by atoms with Crippen LogP contribution in [-0.4, -0.2) is 17.6 Å². The van der Waals surface area contributed by atoms with Crippen molar-refractivity contribution in [1.82, 2.24) is 0 Å². The van der Waals surface area contributed by atoms with Crippen LogP contribution in [-0.2, 0) is 4.79 Å². The van der Waals surface area contributed by atoms with Gasteiger partial charge in [0.15, 0.2) is 0 Å². The third kappa shape index (κ3) is 4.00. The maximum absolute atomic E-state index is 13.8. The molecule has 0 aliphatic carbocycles. The second kappa shape index (κ2) is 8.05. The lowest BCUT2D eigenvalue weighted by atomic mass is 10.1. The number of thioether (sulfide) groups is 1. The minimum Gasteiger partial charge on any atom is -0.322 e. The molecule has 1 heterocycles. The van der Waals surface area contributed by atoms with Crippen molar-refractivity contribution in [2.24, 2.45) is 0 Å². The van der Waals surface area contributed by atoms with Gasteiger partial charge in [-0.2, -0.15) is 0 Å². The third-order valence-electron chi connectivity index (χ3n) is 4.50. The average Bonchev–Trinajstić information content (AvgIpc) is 3.10. The van der Waals surface area contributed by atoms with E-state index in [0.29, 0.717) is 11.4 Å². The summed E-state index contributed by atoms with van der Waals surface area (Å²) < 4.78 is 27.5. The van der Waals surface area contributed by atoms with E-state index in [0.717, 1.165) is 5.56 Å². The SMILES string of the molecule is O=C(Nc1cccc([C@@H]2SCC(=O)N2c2cccc(F)c2)c1)c1ccccc1F. The summed E-state index contributed by atoms with van der Waals surface area (Å²) in [6.45, 7) is 0. The van der Waals surface area contributed by atoms with Crippen molar-refractivity contribution in [3.05, 3.63) is 95.6 Å². The summed E-state index contributed by atoms with van der Waals surface area (Å²) in [5.41, 5.74) is 1.68. The van der Waals surface area contributed by atoms with Gasteiger partial charge in [-0.25, -0.2) is 8.78 Å². The van der Waals surface area contributed by atoms with E-state index < -0.39 is 17.5 Å².